The van der Waals surface area contributed by atoms with Crippen molar-refractivity contribution in [1.29, 1.82) is 0 Å². The first-order chi connectivity index (χ1) is 8.31. The standard InChI is InChI=1S/C14H20N2S/c1-11(8-15)9-16-7-6-12-10-17-14-5-3-2-4-13(12)14/h2-5,10-11,16H,6-9,15H2,1H3. The van der Waals surface area contributed by atoms with Crippen molar-refractivity contribution in [2.24, 2.45) is 11.7 Å². The molecule has 0 aliphatic carbocycles. The summed E-state index contributed by atoms with van der Waals surface area (Å²) in [4.78, 5) is 0. The Hall–Kier alpha value is -0.900. The van der Waals surface area contributed by atoms with Gasteiger partial charge in [-0.15, -0.1) is 11.3 Å². The lowest BCUT2D eigenvalue weighted by molar-refractivity contribution is 0.525. The molecule has 0 fully saturated rings. The van der Waals surface area contributed by atoms with Crippen molar-refractivity contribution in [3.8, 4) is 0 Å². The molecule has 0 saturated carbocycles. The van der Waals surface area contributed by atoms with Crippen molar-refractivity contribution in [3.05, 3.63) is 35.2 Å². The van der Waals surface area contributed by atoms with Gasteiger partial charge in [0.2, 0.25) is 0 Å². The summed E-state index contributed by atoms with van der Waals surface area (Å²) < 4.78 is 1.39. The van der Waals surface area contributed by atoms with E-state index in [1.54, 1.807) is 0 Å². The van der Waals surface area contributed by atoms with Crippen LogP contribution in [0.1, 0.15) is 12.5 Å². The molecule has 1 unspecified atom stereocenters. The van der Waals surface area contributed by atoms with Crippen LogP contribution in [-0.4, -0.2) is 19.6 Å². The highest BCUT2D eigenvalue weighted by Crippen LogP contribution is 2.25. The van der Waals surface area contributed by atoms with Crippen molar-refractivity contribution in [3.63, 3.8) is 0 Å². The van der Waals surface area contributed by atoms with Gasteiger partial charge in [-0.05, 0) is 54.4 Å². The molecule has 0 saturated heterocycles. The smallest absolute Gasteiger partial charge is 0.0345 e. The Labute approximate surface area is 107 Å². The minimum absolute atomic E-state index is 0.564. The maximum Gasteiger partial charge on any atom is 0.0345 e. The summed E-state index contributed by atoms with van der Waals surface area (Å²) in [5, 5.41) is 7.15. The maximum absolute atomic E-state index is 5.58. The highest BCUT2D eigenvalue weighted by Gasteiger charge is 2.03. The highest BCUT2D eigenvalue weighted by molar-refractivity contribution is 7.17. The van der Waals surface area contributed by atoms with Crippen molar-refractivity contribution >= 4 is 21.4 Å². The summed E-state index contributed by atoms with van der Waals surface area (Å²) in [5.74, 6) is 0.564. The molecule has 3 N–H and O–H groups in total. The molecule has 92 valence electrons. The van der Waals surface area contributed by atoms with Gasteiger partial charge in [0.15, 0.2) is 0 Å². The SMILES string of the molecule is CC(CN)CNCCc1csc2ccccc12. The first-order valence-electron chi connectivity index (χ1n) is 6.17. The van der Waals surface area contributed by atoms with Crippen molar-refractivity contribution in [2.45, 2.75) is 13.3 Å². The molecular formula is C14H20N2S. The molecule has 17 heavy (non-hydrogen) atoms. The molecule has 2 rings (SSSR count). The van der Waals surface area contributed by atoms with Gasteiger partial charge in [-0.2, -0.15) is 0 Å². The zero-order valence-corrected chi connectivity index (χ0v) is 11.1. The summed E-state index contributed by atoms with van der Waals surface area (Å²) in [6.07, 6.45) is 1.10. The van der Waals surface area contributed by atoms with E-state index in [2.05, 4.69) is 41.9 Å². The Bertz CT molecular complexity index is 464. The first-order valence-corrected chi connectivity index (χ1v) is 7.05. The van der Waals surface area contributed by atoms with Crippen molar-refractivity contribution in [2.75, 3.05) is 19.6 Å². The van der Waals surface area contributed by atoms with E-state index < -0.39 is 0 Å². The summed E-state index contributed by atoms with van der Waals surface area (Å²) >= 11 is 1.84. The van der Waals surface area contributed by atoms with Gasteiger partial charge in [0.1, 0.15) is 0 Å². The van der Waals surface area contributed by atoms with Crippen LogP contribution in [0, 0.1) is 5.92 Å². The van der Waals surface area contributed by atoms with Crippen molar-refractivity contribution < 1.29 is 0 Å². The van der Waals surface area contributed by atoms with Gasteiger partial charge in [0, 0.05) is 4.70 Å². The van der Waals surface area contributed by atoms with Gasteiger partial charge in [0.25, 0.3) is 0 Å². The third-order valence-corrected chi connectivity index (χ3v) is 4.04. The Morgan fingerprint density at radius 2 is 2.18 bits per heavy atom. The lowest BCUT2D eigenvalue weighted by atomic mass is 10.1. The van der Waals surface area contributed by atoms with E-state index in [4.69, 9.17) is 5.73 Å². The number of hydrogen-bond donors (Lipinski definition) is 2. The molecule has 1 aromatic carbocycles. The molecule has 0 bridgehead atoms. The summed E-state index contributed by atoms with van der Waals surface area (Å²) in [6, 6.07) is 8.61. The number of thiophene rings is 1. The molecule has 0 aliphatic rings. The molecule has 0 spiro atoms. The van der Waals surface area contributed by atoms with E-state index in [9.17, 15) is 0 Å². The monoisotopic (exact) mass is 248 g/mol. The molecule has 0 amide bonds. The van der Waals surface area contributed by atoms with Gasteiger partial charge >= 0.3 is 0 Å². The Morgan fingerprint density at radius 1 is 1.35 bits per heavy atom. The highest BCUT2D eigenvalue weighted by atomic mass is 32.1. The minimum Gasteiger partial charge on any atom is -0.330 e. The lowest BCUT2D eigenvalue weighted by Crippen LogP contribution is -2.27. The quantitative estimate of drug-likeness (QED) is 0.771. The topological polar surface area (TPSA) is 38.0 Å². The Morgan fingerprint density at radius 3 is 3.00 bits per heavy atom. The fourth-order valence-electron chi connectivity index (χ4n) is 1.88. The molecule has 1 heterocycles. The summed E-state index contributed by atoms with van der Waals surface area (Å²) in [7, 11) is 0. The molecule has 1 aromatic heterocycles. The van der Waals surface area contributed by atoms with E-state index in [-0.39, 0.29) is 0 Å². The maximum atomic E-state index is 5.58. The Balaban J connectivity index is 1.87. The van der Waals surface area contributed by atoms with Crippen LogP contribution in [0.5, 0.6) is 0 Å². The molecule has 3 heteroatoms. The lowest BCUT2D eigenvalue weighted by Gasteiger charge is -2.09. The van der Waals surface area contributed by atoms with Gasteiger partial charge in [-0.3, -0.25) is 0 Å². The van der Waals surface area contributed by atoms with Gasteiger partial charge < -0.3 is 11.1 Å². The van der Waals surface area contributed by atoms with Crippen LogP contribution in [0.4, 0.5) is 0 Å². The van der Waals surface area contributed by atoms with Crippen LogP contribution < -0.4 is 11.1 Å². The average Bonchev–Trinajstić information content (AvgIpc) is 2.78. The average molecular weight is 248 g/mol. The van der Waals surface area contributed by atoms with Crippen LogP contribution in [0.25, 0.3) is 10.1 Å². The van der Waals surface area contributed by atoms with Crippen LogP contribution in [0.3, 0.4) is 0 Å². The van der Waals surface area contributed by atoms with Crippen molar-refractivity contribution in [1.82, 2.24) is 5.32 Å². The van der Waals surface area contributed by atoms with Gasteiger partial charge in [-0.1, -0.05) is 25.1 Å². The zero-order valence-electron chi connectivity index (χ0n) is 10.3. The van der Waals surface area contributed by atoms with Gasteiger partial charge in [0.05, 0.1) is 0 Å². The van der Waals surface area contributed by atoms with Crippen LogP contribution in [0.15, 0.2) is 29.6 Å². The van der Waals surface area contributed by atoms with E-state index in [0.717, 1.165) is 26.1 Å². The largest absolute Gasteiger partial charge is 0.330 e. The third-order valence-electron chi connectivity index (χ3n) is 3.03. The normalized spacial score (nSPS) is 13.1. The number of rotatable bonds is 6. The van der Waals surface area contributed by atoms with E-state index in [1.807, 2.05) is 11.3 Å². The van der Waals surface area contributed by atoms with E-state index in [1.165, 1.54) is 15.6 Å². The predicted octanol–water partition coefficient (Wildman–Crippen LogP) is 2.63. The summed E-state index contributed by atoms with van der Waals surface area (Å²) in [6.45, 7) is 4.98. The fourth-order valence-corrected chi connectivity index (χ4v) is 2.88. The third kappa shape index (κ3) is 3.28. The molecule has 2 aromatic rings. The second-order valence-corrected chi connectivity index (χ2v) is 5.46. The molecule has 1 atom stereocenters. The van der Waals surface area contributed by atoms with Crippen LogP contribution >= 0.6 is 11.3 Å². The number of hydrogen-bond acceptors (Lipinski definition) is 3. The first kappa shape index (κ1) is 12.6. The predicted molar refractivity (Wildman–Crippen MR) is 76.6 cm³/mol. The minimum atomic E-state index is 0.564. The Kier molecular flexibility index (Phi) is 4.54. The molecule has 2 nitrogen and oxygen atoms in total. The number of nitrogens with two attached hydrogens (primary N) is 1. The van der Waals surface area contributed by atoms with Crippen LogP contribution in [0.2, 0.25) is 0 Å². The number of nitrogens with one attached hydrogen (secondary N) is 1. The van der Waals surface area contributed by atoms with E-state index >= 15 is 0 Å². The second kappa shape index (κ2) is 6.15. The molecular weight excluding hydrogens is 228 g/mol. The molecule has 0 radical (unpaired) electrons. The number of fused-ring (bicyclic) bond motifs is 1. The zero-order chi connectivity index (χ0) is 12.1. The van der Waals surface area contributed by atoms with Gasteiger partial charge in [-0.25, -0.2) is 0 Å². The number of benzene rings is 1. The second-order valence-electron chi connectivity index (χ2n) is 4.55. The molecule has 0 aliphatic heterocycles. The van der Waals surface area contributed by atoms with E-state index in [0.29, 0.717) is 5.92 Å². The fraction of sp³-hybridized carbons (Fsp3) is 0.429. The summed E-state index contributed by atoms with van der Waals surface area (Å²) in [5.41, 5.74) is 7.04. The van der Waals surface area contributed by atoms with Crippen LogP contribution in [-0.2, 0) is 6.42 Å².